The fraction of sp³-hybridized carbons (Fsp3) is 0.150. The average Bonchev–Trinajstić information content (AvgIpc) is 3.10. The van der Waals surface area contributed by atoms with Crippen LogP contribution in [0.5, 0.6) is 0 Å². The molecule has 2 aromatic carbocycles. The van der Waals surface area contributed by atoms with Crippen LogP contribution in [0.1, 0.15) is 28.6 Å². The molecule has 0 unspecified atom stereocenters. The second kappa shape index (κ2) is 8.58. The number of para-hydroxylation sites is 1. The molecule has 0 spiro atoms. The van der Waals surface area contributed by atoms with Crippen LogP contribution >= 0.6 is 11.6 Å². The van der Waals surface area contributed by atoms with Crippen LogP contribution in [-0.2, 0) is 9.53 Å². The number of nitrogens with one attached hydrogen (secondary N) is 1. The lowest BCUT2D eigenvalue weighted by atomic mass is 10.0. The number of furan rings is 1. The minimum Gasteiger partial charge on any atom is -0.457 e. The van der Waals surface area contributed by atoms with Crippen molar-refractivity contribution in [1.29, 1.82) is 0 Å². The molecule has 28 heavy (non-hydrogen) atoms. The summed E-state index contributed by atoms with van der Waals surface area (Å²) in [6.45, 7) is -0.470. The second-order valence-corrected chi connectivity index (χ2v) is 6.49. The van der Waals surface area contributed by atoms with E-state index < -0.39 is 30.4 Å². The average molecular weight is 401 g/mol. The quantitative estimate of drug-likeness (QED) is 0.464. The van der Waals surface area contributed by atoms with E-state index in [1.165, 1.54) is 0 Å². The minimum absolute atomic E-state index is 0.110. The largest absolute Gasteiger partial charge is 0.457 e. The highest BCUT2D eigenvalue weighted by molar-refractivity contribution is 6.30. The van der Waals surface area contributed by atoms with Gasteiger partial charge < -0.3 is 20.2 Å². The first kappa shape index (κ1) is 19.4. The topological polar surface area (TPSA) is 112 Å². The summed E-state index contributed by atoms with van der Waals surface area (Å²) in [5.41, 5.74) is 6.38. The van der Waals surface area contributed by atoms with Gasteiger partial charge >= 0.3 is 12.0 Å². The number of ether oxygens (including phenoxy) is 1. The van der Waals surface area contributed by atoms with Gasteiger partial charge in [0, 0.05) is 10.4 Å². The SMILES string of the molecule is NC(=O)N[C@H](CC(=O)OCC(=O)c1cc2ccccc2o1)c1ccc(Cl)cc1. The van der Waals surface area contributed by atoms with Crippen molar-refractivity contribution in [1.82, 2.24) is 5.32 Å². The number of fused-ring (bicyclic) bond motifs is 1. The molecule has 7 nitrogen and oxygen atoms in total. The Kier molecular flexibility index (Phi) is 5.96. The molecule has 144 valence electrons. The van der Waals surface area contributed by atoms with Crippen molar-refractivity contribution in [3.8, 4) is 0 Å². The van der Waals surface area contributed by atoms with Gasteiger partial charge in [-0.1, -0.05) is 41.9 Å². The summed E-state index contributed by atoms with van der Waals surface area (Å²) in [6, 6.07) is 13.9. The molecule has 0 radical (unpaired) electrons. The van der Waals surface area contributed by atoms with Crippen molar-refractivity contribution in [2.75, 3.05) is 6.61 Å². The number of carbonyl (C=O) groups is 3. The number of amides is 2. The maximum absolute atomic E-state index is 12.2. The number of carbonyl (C=O) groups excluding carboxylic acids is 3. The van der Waals surface area contributed by atoms with Crippen molar-refractivity contribution in [3.63, 3.8) is 0 Å². The Labute approximate surface area is 165 Å². The summed E-state index contributed by atoms with van der Waals surface area (Å²) in [5, 5.41) is 3.77. The van der Waals surface area contributed by atoms with E-state index in [4.69, 9.17) is 26.5 Å². The summed E-state index contributed by atoms with van der Waals surface area (Å²) >= 11 is 5.85. The number of hydrogen-bond donors (Lipinski definition) is 2. The summed E-state index contributed by atoms with van der Waals surface area (Å²) in [7, 11) is 0. The molecule has 1 heterocycles. The number of hydrogen-bond acceptors (Lipinski definition) is 5. The monoisotopic (exact) mass is 400 g/mol. The lowest BCUT2D eigenvalue weighted by molar-refractivity contribution is -0.143. The van der Waals surface area contributed by atoms with E-state index in [1.807, 2.05) is 12.1 Å². The summed E-state index contributed by atoms with van der Waals surface area (Å²) in [6.07, 6.45) is -0.196. The smallest absolute Gasteiger partial charge is 0.312 e. The van der Waals surface area contributed by atoms with Crippen LogP contribution in [0.4, 0.5) is 4.79 Å². The number of esters is 1. The molecule has 8 heteroatoms. The zero-order valence-corrected chi connectivity index (χ0v) is 15.4. The Hall–Kier alpha value is -3.32. The molecule has 1 atom stereocenters. The standard InChI is InChI=1S/C20H17ClN2O5/c21-14-7-5-12(6-8-14)15(23-20(22)26)10-19(25)27-11-16(24)18-9-13-3-1-2-4-17(13)28-18/h1-9,15H,10-11H2,(H3,22,23,26)/t15-/m1/s1. The van der Waals surface area contributed by atoms with Crippen LogP contribution in [0.2, 0.25) is 5.02 Å². The molecule has 0 saturated heterocycles. The maximum atomic E-state index is 12.2. The van der Waals surface area contributed by atoms with Crippen LogP contribution in [0.3, 0.4) is 0 Å². The van der Waals surface area contributed by atoms with Gasteiger partial charge in [0.15, 0.2) is 12.4 Å². The number of primary amides is 1. The molecular weight excluding hydrogens is 384 g/mol. The third kappa shape index (κ3) is 4.89. The van der Waals surface area contributed by atoms with Gasteiger partial charge in [-0.15, -0.1) is 0 Å². The number of Topliss-reactive ketones (excluding diaryl/α,β-unsaturated/α-hetero) is 1. The normalized spacial score (nSPS) is 11.8. The number of nitrogens with two attached hydrogens (primary N) is 1. The summed E-state index contributed by atoms with van der Waals surface area (Å²) < 4.78 is 10.5. The van der Waals surface area contributed by atoms with E-state index in [0.29, 0.717) is 16.2 Å². The number of halogens is 1. The minimum atomic E-state index is -0.786. The summed E-state index contributed by atoms with van der Waals surface area (Å²) in [4.78, 5) is 35.6. The second-order valence-electron chi connectivity index (χ2n) is 6.05. The molecule has 0 aliphatic carbocycles. The Morgan fingerprint density at radius 3 is 2.50 bits per heavy atom. The highest BCUT2D eigenvalue weighted by Crippen LogP contribution is 2.21. The molecule has 3 aromatic rings. The Morgan fingerprint density at radius 2 is 1.82 bits per heavy atom. The van der Waals surface area contributed by atoms with E-state index in [1.54, 1.807) is 42.5 Å². The lowest BCUT2D eigenvalue weighted by Crippen LogP contribution is -2.34. The van der Waals surface area contributed by atoms with E-state index in [0.717, 1.165) is 5.39 Å². The fourth-order valence-electron chi connectivity index (χ4n) is 2.68. The van der Waals surface area contributed by atoms with Gasteiger partial charge in [0.05, 0.1) is 12.5 Å². The first-order valence-corrected chi connectivity index (χ1v) is 8.79. The lowest BCUT2D eigenvalue weighted by Gasteiger charge is -2.17. The van der Waals surface area contributed by atoms with Crippen LogP contribution in [0, 0.1) is 0 Å². The molecule has 0 bridgehead atoms. The van der Waals surface area contributed by atoms with Crippen molar-refractivity contribution in [2.45, 2.75) is 12.5 Å². The van der Waals surface area contributed by atoms with Crippen LogP contribution in [-0.4, -0.2) is 24.4 Å². The van der Waals surface area contributed by atoms with E-state index in [-0.39, 0.29) is 12.2 Å². The molecule has 3 rings (SSSR count). The third-order valence-corrected chi connectivity index (χ3v) is 4.28. The van der Waals surface area contributed by atoms with Crippen LogP contribution in [0.25, 0.3) is 11.0 Å². The molecule has 3 N–H and O–H groups in total. The molecule has 2 amide bonds. The molecule has 0 saturated carbocycles. The predicted octanol–water partition coefficient (Wildman–Crippen LogP) is 3.61. The van der Waals surface area contributed by atoms with Gasteiger partial charge in [-0.3, -0.25) is 9.59 Å². The Balaban J connectivity index is 1.61. The van der Waals surface area contributed by atoms with E-state index >= 15 is 0 Å². The first-order valence-electron chi connectivity index (χ1n) is 8.41. The number of benzene rings is 2. The number of rotatable bonds is 7. The molecule has 0 aliphatic rings. The van der Waals surface area contributed by atoms with Gasteiger partial charge in [0.25, 0.3) is 0 Å². The Morgan fingerprint density at radius 1 is 1.11 bits per heavy atom. The highest BCUT2D eigenvalue weighted by atomic mass is 35.5. The molecule has 0 aliphatic heterocycles. The number of ketones is 1. The van der Waals surface area contributed by atoms with Crippen LogP contribution < -0.4 is 11.1 Å². The molecule has 1 aromatic heterocycles. The highest BCUT2D eigenvalue weighted by Gasteiger charge is 2.20. The van der Waals surface area contributed by atoms with Crippen molar-refractivity contribution in [3.05, 3.63) is 70.9 Å². The predicted molar refractivity (Wildman–Crippen MR) is 103 cm³/mol. The zero-order valence-electron chi connectivity index (χ0n) is 14.7. The number of urea groups is 1. The summed E-state index contributed by atoms with van der Waals surface area (Å²) in [5.74, 6) is -1.02. The van der Waals surface area contributed by atoms with Crippen molar-refractivity contribution >= 4 is 40.4 Å². The maximum Gasteiger partial charge on any atom is 0.312 e. The zero-order chi connectivity index (χ0) is 20.1. The van der Waals surface area contributed by atoms with Gasteiger partial charge in [0.2, 0.25) is 5.78 Å². The third-order valence-electron chi connectivity index (χ3n) is 4.02. The molecular formula is C20H17ClN2O5. The van der Waals surface area contributed by atoms with Crippen LogP contribution in [0.15, 0.2) is 59.0 Å². The van der Waals surface area contributed by atoms with Crippen molar-refractivity contribution in [2.24, 2.45) is 5.73 Å². The van der Waals surface area contributed by atoms with Gasteiger partial charge in [-0.2, -0.15) is 0 Å². The molecule has 0 fully saturated rings. The fourth-order valence-corrected chi connectivity index (χ4v) is 2.81. The van der Waals surface area contributed by atoms with Crippen molar-refractivity contribution < 1.29 is 23.5 Å². The Bertz CT molecular complexity index is 980. The van der Waals surface area contributed by atoms with E-state index in [9.17, 15) is 14.4 Å². The van der Waals surface area contributed by atoms with Gasteiger partial charge in [-0.05, 0) is 29.8 Å². The van der Waals surface area contributed by atoms with E-state index in [2.05, 4.69) is 5.32 Å². The van der Waals surface area contributed by atoms with Gasteiger partial charge in [-0.25, -0.2) is 4.79 Å². The van der Waals surface area contributed by atoms with Gasteiger partial charge in [0.1, 0.15) is 5.58 Å². The first-order chi connectivity index (χ1) is 13.4.